The number of aliphatic hydroxyl groups excluding tert-OH is 2. The minimum atomic E-state index is -0.973. The van der Waals surface area contributed by atoms with Crippen molar-refractivity contribution in [1.29, 1.82) is 0 Å². The SMILES string of the molecule is CCCCCC1(CCCCC)C(=O)N(CO)C(=O)N1CO. The van der Waals surface area contributed by atoms with Crippen LogP contribution in [0, 0.1) is 0 Å². The fraction of sp³-hybridized carbons (Fsp3) is 0.867. The highest BCUT2D eigenvalue weighted by Gasteiger charge is 2.55. The fourth-order valence-electron chi connectivity index (χ4n) is 3.05. The topological polar surface area (TPSA) is 81.1 Å². The van der Waals surface area contributed by atoms with E-state index in [1.807, 2.05) is 0 Å². The summed E-state index contributed by atoms with van der Waals surface area (Å²) in [7, 11) is 0. The third kappa shape index (κ3) is 3.55. The molecule has 0 spiro atoms. The van der Waals surface area contributed by atoms with Gasteiger partial charge in [-0.05, 0) is 12.8 Å². The van der Waals surface area contributed by atoms with Crippen molar-refractivity contribution in [1.82, 2.24) is 9.80 Å². The van der Waals surface area contributed by atoms with E-state index in [4.69, 9.17) is 0 Å². The van der Waals surface area contributed by atoms with E-state index in [1.165, 1.54) is 4.90 Å². The van der Waals surface area contributed by atoms with E-state index in [0.29, 0.717) is 12.8 Å². The van der Waals surface area contributed by atoms with E-state index in [-0.39, 0.29) is 5.91 Å². The molecule has 0 aromatic carbocycles. The van der Waals surface area contributed by atoms with Gasteiger partial charge in [0.25, 0.3) is 5.91 Å². The molecule has 2 N–H and O–H groups in total. The first-order valence-electron chi connectivity index (χ1n) is 7.94. The Hall–Kier alpha value is -1.14. The molecule has 0 bridgehead atoms. The maximum absolute atomic E-state index is 12.6. The van der Waals surface area contributed by atoms with Crippen LogP contribution in [0.4, 0.5) is 4.79 Å². The summed E-state index contributed by atoms with van der Waals surface area (Å²) in [6.07, 6.45) is 6.77. The van der Waals surface area contributed by atoms with Crippen LogP contribution in [0.15, 0.2) is 0 Å². The quantitative estimate of drug-likeness (QED) is 0.478. The molecule has 1 rings (SSSR count). The van der Waals surface area contributed by atoms with Crippen molar-refractivity contribution >= 4 is 11.9 Å². The van der Waals surface area contributed by atoms with E-state index in [0.717, 1.165) is 43.4 Å². The summed E-state index contributed by atoms with van der Waals surface area (Å²) >= 11 is 0. The van der Waals surface area contributed by atoms with E-state index in [9.17, 15) is 19.8 Å². The van der Waals surface area contributed by atoms with Gasteiger partial charge in [0, 0.05) is 0 Å². The van der Waals surface area contributed by atoms with Gasteiger partial charge < -0.3 is 10.2 Å². The lowest BCUT2D eigenvalue weighted by Crippen LogP contribution is -2.50. The van der Waals surface area contributed by atoms with Crippen LogP contribution in [0.5, 0.6) is 0 Å². The number of carbonyl (C=O) groups excluding carboxylic acids is 2. The predicted molar refractivity (Wildman–Crippen MR) is 79.3 cm³/mol. The van der Waals surface area contributed by atoms with E-state index in [1.54, 1.807) is 0 Å². The molecule has 1 fully saturated rings. The average Bonchev–Trinajstić information content (AvgIpc) is 2.67. The van der Waals surface area contributed by atoms with Crippen LogP contribution in [0.25, 0.3) is 0 Å². The van der Waals surface area contributed by atoms with E-state index < -0.39 is 25.0 Å². The smallest absolute Gasteiger partial charge is 0.331 e. The molecular formula is C15H28N2O4. The Morgan fingerprint density at radius 3 is 1.81 bits per heavy atom. The highest BCUT2D eigenvalue weighted by molar-refractivity contribution is 6.06. The molecule has 0 unspecified atom stereocenters. The lowest BCUT2D eigenvalue weighted by Gasteiger charge is -2.34. The number of hydrogen-bond acceptors (Lipinski definition) is 4. The van der Waals surface area contributed by atoms with Gasteiger partial charge in [0.05, 0.1) is 0 Å². The van der Waals surface area contributed by atoms with E-state index in [2.05, 4.69) is 13.8 Å². The van der Waals surface area contributed by atoms with Crippen molar-refractivity contribution in [3.8, 4) is 0 Å². The van der Waals surface area contributed by atoms with Crippen molar-refractivity contribution in [3.63, 3.8) is 0 Å². The summed E-state index contributed by atoms with van der Waals surface area (Å²) < 4.78 is 0. The number of hydrogen-bond donors (Lipinski definition) is 2. The molecule has 0 saturated carbocycles. The summed E-state index contributed by atoms with van der Waals surface area (Å²) in [5.41, 5.74) is -0.973. The van der Waals surface area contributed by atoms with Crippen LogP contribution in [0.2, 0.25) is 0 Å². The monoisotopic (exact) mass is 300 g/mol. The highest BCUT2D eigenvalue weighted by atomic mass is 16.3. The minimum absolute atomic E-state index is 0.365. The summed E-state index contributed by atoms with van der Waals surface area (Å²) in [6, 6.07) is -0.585. The Bertz CT molecular complexity index is 350. The standard InChI is InChI=1S/C15H28N2O4/c1-3-5-7-9-15(10-8-6-4-2)13(20)16(11-18)14(21)17(15)12-19/h18-19H,3-12H2,1-2H3. The molecule has 0 aromatic rings. The minimum Gasteiger partial charge on any atom is -0.376 e. The Balaban J connectivity index is 2.99. The molecule has 6 heteroatoms. The van der Waals surface area contributed by atoms with Gasteiger partial charge in [-0.25, -0.2) is 9.69 Å². The molecule has 6 nitrogen and oxygen atoms in total. The van der Waals surface area contributed by atoms with Gasteiger partial charge in [0.2, 0.25) is 0 Å². The zero-order valence-electron chi connectivity index (χ0n) is 13.2. The molecule has 0 aliphatic carbocycles. The number of aliphatic hydroxyl groups is 2. The molecular weight excluding hydrogens is 272 g/mol. The summed E-state index contributed by atoms with van der Waals surface area (Å²) in [6.45, 7) is 3.04. The van der Waals surface area contributed by atoms with Crippen molar-refractivity contribution in [3.05, 3.63) is 0 Å². The molecule has 3 amide bonds. The normalized spacial score (nSPS) is 17.9. The third-order valence-corrected chi connectivity index (χ3v) is 4.29. The van der Waals surface area contributed by atoms with Crippen molar-refractivity contribution in [2.45, 2.75) is 70.8 Å². The van der Waals surface area contributed by atoms with Gasteiger partial charge in [-0.3, -0.25) is 9.69 Å². The Labute approximate surface area is 126 Å². The molecule has 1 aliphatic rings. The van der Waals surface area contributed by atoms with Crippen molar-refractivity contribution < 1.29 is 19.8 Å². The highest BCUT2D eigenvalue weighted by Crippen LogP contribution is 2.36. The van der Waals surface area contributed by atoms with Crippen LogP contribution in [-0.2, 0) is 4.79 Å². The molecule has 21 heavy (non-hydrogen) atoms. The number of amides is 3. The number of unbranched alkanes of at least 4 members (excludes halogenated alkanes) is 4. The molecule has 122 valence electrons. The zero-order chi connectivity index (χ0) is 15.9. The van der Waals surface area contributed by atoms with Gasteiger partial charge in [0.1, 0.15) is 19.0 Å². The number of imide groups is 1. The number of carbonyl (C=O) groups is 2. The lowest BCUT2D eigenvalue weighted by atomic mass is 9.85. The Kier molecular flexibility index (Phi) is 7.11. The second kappa shape index (κ2) is 8.34. The van der Waals surface area contributed by atoms with Crippen molar-refractivity contribution in [2.75, 3.05) is 13.5 Å². The predicted octanol–water partition coefficient (Wildman–Crippen LogP) is 2.05. The number of nitrogens with zero attached hydrogens (tertiary/aromatic N) is 2. The number of rotatable bonds is 10. The first-order valence-corrected chi connectivity index (χ1v) is 7.94. The molecule has 1 saturated heterocycles. The summed E-state index contributed by atoms with van der Waals surface area (Å²) in [5, 5.41) is 18.8. The summed E-state index contributed by atoms with van der Waals surface area (Å²) in [5.74, 6) is -0.365. The van der Waals surface area contributed by atoms with Crippen LogP contribution < -0.4 is 0 Å². The molecule has 0 radical (unpaired) electrons. The fourth-order valence-corrected chi connectivity index (χ4v) is 3.05. The van der Waals surface area contributed by atoms with Gasteiger partial charge in [-0.1, -0.05) is 52.4 Å². The van der Waals surface area contributed by atoms with Gasteiger partial charge in [-0.15, -0.1) is 0 Å². The zero-order valence-corrected chi connectivity index (χ0v) is 13.2. The molecule has 0 aromatic heterocycles. The molecule has 0 atom stereocenters. The molecule has 1 aliphatic heterocycles. The lowest BCUT2D eigenvalue weighted by molar-refractivity contribution is -0.137. The molecule has 1 heterocycles. The second-order valence-electron chi connectivity index (χ2n) is 5.67. The van der Waals surface area contributed by atoms with E-state index >= 15 is 0 Å². The maximum Gasteiger partial charge on any atom is 0.331 e. The second-order valence-corrected chi connectivity index (χ2v) is 5.67. The Morgan fingerprint density at radius 1 is 0.905 bits per heavy atom. The van der Waals surface area contributed by atoms with Gasteiger partial charge in [-0.2, -0.15) is 0 Å². The van der Waals surface area contributed by atoms with Crippen LogP contribution >= 0.6 is 0 Å². The Morgan fingerprint density at radius 2 is 1.43 bits per heavy atom. The van der Waals surface area contributed by atoms with Crippen molar-refractivity contribution in [2.24, 2.45) is 0 Å². The van der Waals surface area contributed by atoms with Crippen LogP contribution in [0.1, 0.15) is 65.2 Å². The first kappa shape index (κ1) is 17.9. The van der Waals surface area contributed by atoms with Gasteiger partial charge in [0.15, 0.2) is 0 Å². The van der Waals surface area contributed by atoms with Crippen LogP contribution in [0.3, 0.4) is 0 Å². The largest absolute Gasteiger partial charge is 0.376 e. The summed E-state index contributed by atoms with van der Waals surface area (Å²) in [4.78, 5) is 26.9. The third-order valence-electron chi connectivity index (χ3n) is 4.29. The van der Waals surface area contributed by atoms with Gasteiger partial charge >= 0.3 is 6.03 Å². The maximum atomic E-state index is 12.6. The number of urea groups is 1. The first-order chi connectivity index (χ1) is 10.1. The average molecular weight is 300 g/mol. The van der Waals surface area contributed by atoms with Crippen LogP contribution in [-0.4, -0.2) is 51.0 Å².